The molecule has 1 unspecified atom stereocenters. The van der Waals surface area contributed by atoms with E-state index in [1.54, 1.807) is 0 Å². The molecule has 0 aromatic heterocycles. The van der Waals surface area contributed by atoms with Gasteiger partial charge in [0.15, 0.2) is 5.60 Å². The van der Waals surface area contributed by atoms with E-state index in [4.69, 9.17) is 4.74 Å². The van der Waals surface area contributed by atoms with E-state index in [2.05, 4.69) is 5.32 Å². The molecule has 1 aromatic rings. The van der Waals surface area contributed by atoms with Gasteiger partial charge < -0.3 is 15.2 Å². The average Bonchev–Trinajstić information content (AvgIpc) is 2.51. The highest BCUT2D eigenvalue weighted by atomic mass is 16.5. The predicted molar refractivity (Wildman–Crippen MR) is 96.3 cm³/mol. The largest absolute Gasteiger partial charge is 0.478 e. The van der Waals surface area contributed by atoms with Crippen LogP contribution < -0.4 is 10.1 Å². The molecule has 4 aliphatic carbocycles. The van der Waals surface area contributed by atoms with Crippen molar-refractivity contribution >= 4 is 5.91 Å². The SMILES string of the molecule is Cc1ccccc1OC(C)(C)C(=O)N[C@H]1[C@@H]2CC3C[C@H]1C[C@](O)(C3)C2. The van der Waals surface area contributed by atoms with Crippen molar-refractivity contribution in [2.45, 2.75) is 70.1 Å². The van der Waals surface area contributed by atoms with E-state index in [1.165, 1.54) is 0 Å². The molecule has 4 bridgehead atoms. The van der Waals surface area contributed by atoms with Gasteiger partial charge >= 0.3 is 0 Å². The van der Waals surface area contributed by atoms with Crippen molar-refractivity contribution in [3.63, 3.8) is 0 Å². The second-order valence-electron chi connectivity index (χ2n) is 9.07. The van der Waals surface area contributed by atoms with E-state index in [9.17, 15) is 9.90 Å². The Morgan fingerprint density at radius 3 is 2.44 bits per heavy atom. The number of rotatable bonds is 4. The topological polar surface area (TPSA) is 58.6 Å². The smallest absolute Gasteiger partial charge is 0.263 e. The molecule has 4 aliphatic rings. The molecule has 5 rings (SSSR count). The Kier molecular flexibility index (Phi) is 3.87. The third-order valence-electron chi connectivity index (χ3n) is 6.54. The molecular formula is C21H29NO3. The first-order valence-corrected chi connectivity index (χ1v) is 9.54. The molecule has 4 heteroatoms. The number of para-hydroxylation sites is 1. The van der Waals surface area contributed by atoms with E-state index >= 15 is 0 Å². The predicted octanol–water partition coefficient (Wildman–Crippen LogP) is 3.21. The van der Waals surface area contributed by atoms with Crippen LogP contribution in [-0.4, -0.2) is 28.3 Å². The summed E-state index contributed by atoms with van der Waals surface area (Å²) in [5, 5.41) is 14.0. The standard InChI is InChI=1S/C21H29NO3/c1-13-6-4-5-7-17(13)25-20(2,3)19(23)22-18-15-8-14-9-16(18)12-21(24,10-14)11-15/h4-7,14-16,18,24H,8-12H2,1-3H3,(H,22,23)/t14?,15-,16+,18+,21+. The number of nitrogens with one attached hydrogen (secondary N) is 1. The Bertz CT molecular complexity index is 667. The molecule has 25 heavy (non-hydrogen) atoms. The molecular weight excluding hydrogens is 314 g/mol. The molecule has 0 radical (unpaired) electrons. The maximum atomic E-state index is 13.0. The van der Waals surface area contributed by atoms with Crippen molar-refractivity contribution < 1.29 is 14.6 Å². The minimum absolute atomic E-state index is 0.0554. The van der Waals surface area contributed by atoms with Crippen molar-refractivity contribution in [3.05, 3.63) is 29.8 Å². The Morgan fingerprint density at radius 1 is 1.20 bits per heavy atom. The molecule has 0 heterocycles. The van der Waals surface area contributed by atoms with Crippen LogP contribution in [0.4, 0.5) is 0 Å². The van der Waals surface area contributed by atoms with Crippen molar-refractivity contribution in [1.82, 2.24) is 5.32 Å². The van der Waals surface area contributed by atoms with Crippen LogP contribution in [0.3, 0.4) is 0 Å². The van der Waals surface area contributed by atoms with E-state index in [0.717, 1.165) is 43.4 Å². The summed E-state index contributed by atoms with van der Waals surface area (Å²) in [7, 11) is 0. The molecule has 1 aromatic carbocycles. The number of hydrogen-bond donors (Lipinski definition) is 2. The number of benzene rings is 1. The molecule has 0 aliphatic heterocycles. The zero-order valence-corrected chi connectivity index (χ0v) is 15.4. The normalized spacial score (nSPS) is 36.3. The van der Waals surface area contributed by atoms with Gasteiger partial charge in [0, 0.05) is 6.04 Å². The highest BCUT2D eigenvalue weighted by molar-refractivity contribution is 5.85. The van der Waals surface area contributed by atoms with Gasteiger partial charge in [0.1, 0.15) is 5.75 Å². The van der Waals surface area contributed by atoms with Crippen LogP contribution in [0, 0.1) is 24.7 Å². The number of aliphatic hydroxyl groups is 1. The minimum Gasteiger partial charge on any atom is -0.478 e. The quantitative estimate of drug-likeness (QED) is 0.882. The summed E-state index contributed by atoms with van der Waals surface area (Å²) in [5.74, 6) is 2.16. The van der Waals surface area contributed by atoms with Crippen LogP contribution in [0.2, 0.25) is 0 Å². The first-order valence-electron chi connectivity index (χ1n) is 9.54. The van der Waals surface area contributed by atoms with Gasteiger partial charge in [0.2, 0.25) is 0 Å². The summed E-state index contributed by atoms with van der Waals surface area (Å²) in [6.45, 7) is 5.65. The fourth-order valence-electron chi connectivity index (χ4n) is 5.53. The Hall–Kier alpha value is -1.55. The van der Waals surface area contributed by atoms with Crippen molar-refractivity contribution in [2.24, 2.45) is 17.8 Å². The van der Waals surface area contributed by atoms with Gasteiger partial charge in [-0.3, -0.25) is 4.79 Å². The summed E-state index contributed by atoms with van der Waals surface area (Å²) in [4.78, 5) is 13.0. The Morgan fingerprint density at radius 2 is 1.84 bits per heavy atom. The Balaban J connectivity index is 1.46. The van der Waals surface area contributed by atoms with E-state index in [-0.39, 0.29) is 11.9 Å². The third-order valence-corrected chi connectivity index (χ3v) is 6.54. The molecule has 4 fully saturated rings. The van der Waals surface area contributed by atoms with Gasteiger partial charge in [-0.05, 0) is 82.3 Å². The summed E-state index contributed by atoms with van der Waals surface area (Å²) < 4.78 is 6.05. The van der Waals surface area contributed by atoms with Gasteiger partial charge in [-0.2, -0.15) is 0 Å². The lowest BCUT2D eigenvalue weighted by Gasteiger charge is -2.58. The molecule has 5 atom stereocenters. The van der Waals surface area contributed by atoms with Crippen molar-refractivity contribution in [3.8, 4) is 5.75 Å². The maximum absolute atomic E-state index is 13.0. The fourth-order valence-corrected chi connectivity index (χ4v) is 5.53. The molecule has 2 N–H and O–H groups in total. The van der Waals surface area contributed by atoms with E-state index < -0.39 is 11.2 Å². The number of amides is 1. The van der Waals surface area contributed by atoms with E-state index in [1.807, 2.05) is 45.0 Å². The van der Waals surface area contributed by atoms with Gasteiger partial charge in [-0.15, -0.1) is 0 Å². The highest BCUT2D eigenvalue weighted by Crippen LogP contribution is 2.55. The van der Waals surface area contributed by atoms with Crippen LogP contribution in [0.5, 0.6) is 5.75 Å². The fraction of sp³-hybridized carbons (Fsp3) is 0.667. The average molecular weight is 343 g/mol. The molecule has 4 nitrogen and oxygen atoms in total. The molecule has 136 valence electrons. The lowest BCUT2D eigenvalue weighted by atomic mass is 9.52. The number of aryl methyl sites for hydroxylation is 1. The van der Waals surface area contributed by atoms with Crippen molar-refractivity contribution in [1.29, 1.82) is 0 Å². The first kappa shape index (κ1) is 16.9. The second kappa shape index (κ2) is 5.73. The maximum Gasteiger partial charge on any atom is 0.263 e. The Labute approximate surface area is 150 Å². The van der Waals surface area contributed by atoms with Gasteiger partial charge in [0.05, 0.1) is 5.60 Å². The number of ether oxygens (including phenoxy) is 1. The molecule has 1 amide bonds. The van der Waals surface area contributed by atoms with Crippen LogP contribution in [0.1, 0.15) is 51.5 Å². The lowest BCUT2D eigenvalue weighted by molar-refractivity contribution is -0.152. The summed E-state index contributed by atoms with van der Waals surface area (Å²) in [6.07, 6.45) is 4.92. The van der Waals surface area contributed by atoms with Crippen molar-refractivity contribution in [2.75, 3.05) is 0 Å². The van der Waals surface area contributed by atoms with Crippen LogP contribution in [0.15, 0.2) is 24.3 Å². The van der Waals surface area contributed by atoms with Crippen LogP contribution in [-0.2, 0) is 4.79 Å². The second-order valence-corrected chi connectivity index (χ2v) is 9.07. The summed E-state index contributed by atoms with van der Waals surface area (Å²) in [6, 6.07) is 7.97. The summed E-state index contributed by atoms with van der Waals surface area (Å²) >= 11 is 0. The summed E-state index contributed by atoms with van der Waals surface area (Å²) in [5.41, 5.74) is -0.358. The lowest BCUT2D eigenvalue weighted by Crippen LogP contribution is -2.63. The number of hydrogen-bond acceptors (Lipinski definition) is 3. The molecule has 4 saturated carbocycles. The number of carbonyl (C=O) groups excluding carboxylic acids is 1. The van der Waals surface area contributed by atoms with E-state index in [0.29, 0.717) is 17.8 Å². The number of carbonyl (C=O) groups is 1. The minimum atomic E-state index is -0.919. The van der Waals surface area contributed by atoms with Gasteiger partial charge in [-0.25, -0.2) is 0 Å². The molecule has 0 saturated heterocycles. The third kappa shape index (κ3) is 3.05. The monoisotopic (exact) mass is 343 g/mol. The zero-order valence-electron chi connectivity index (χ0n) is 15.4. The van der Waals surface area contributed by atoms with Crippen LogP contribution in [0.25, 0.3) is 0 Å². The van der Waals surface area contributed by atoms with Gasteiger partial charge in [0.25, 0.3) is 5.91 Å². The first-order chi connectivity index (χ1) is 11.8. The van der Waals surface area contributed by atoms with Gasteiger partial charge in [-0.1, -0.05) is 18.2 Å². The highest BCUT2D eigenvalue weighted by Gasteiger charge is 2.55. The van der Waals surface area contributed by atoms with Crippen LogP contribution >= 0.6 is 0 Å². The molecule has 0 spiro atoms. The zero-order chi connectivity index (χ0) is 17.8.